The number of aromatic nitrogens is 2. The highest BCUT2D eigenvalue weighted by atomic mass is 16.5. The second-order valence-electron chi connectivity index (χ2n) is 5.12. The molecule has 1 heterocycles. The van der Waals surface area contributed by atoms with Crippen LogP contribution in [0.5, 0.6) is 11.5 Å². The number of nitrogens with zero attached hydrogens (tertiary/aromatic N) is 2. The minimum atomic E-state index is -0.225. The SMILES string of the molecule is CNC(=O)COc1ccc(-c2noc(-c3ccccc3)n2)cc1OC. The average molecular weight is 339 g/mol. The number of amides is 1. The van der Waals surface area contributed by atoms with Crippen LogP contribution >= 0.6 is 0 Å². The molecule has 3 aromatic rings. The third-order valence-corrected chi connectivity index (χ3v) is 3.51. The zero-order chi connectivity index (χ0) is 17.6. The van der Waals surface area contributed by atoms with E-state index < -0.39 is 0 Å². The highest BCUT2D eigenvalue weighted by Crippen LogP contribution is 2.32. The van der Waals surface area contributed by atoms with Crippen molar-refractivity contribution in [1.82, 2.24) is 15.5 Å². The summed E-state index contributed by atoms with van der Waals surface area (Å²) in [6, 6.07) is 14.7. The van der Waals surface area contributed by atoms with E-state index in [0.717, 1.165) is 11.1 Å². The quantitative estimate of drug-likeness (QED) is 0.743. The number of likely N-dealkylation sites (N-methyl/N-ethyl adjacent to an activating group) is 1. The molecule has 0 radical (unpaired) electrons. The van der Waals surface area contributed by atoms with Crippen molar-refractivity contribution in [1.29, 1.82) is 0 Å². The van der Waals surface area contributed by atoms with Gasteiger partial charge in [0.05, 0.1) is 7.11 Å². The van der Waals surface area contributed by atoms with Gasteiger partial charge in [-0.25, -0.2) is 0 Å². The maximum atomic E-state index is 11.3. The summed E-state index contributed by atoms with van der Waals surface area (Å²) < 4.78 is 16.1. The molecule has 0 atom stereocenters. The minimum Gasteiger partial charge on any atom is -0.493 e. The van der Waals surface area contributed by atoms with Crippen molar-refractivity contribution in [2.75, 3.05) is 20.8 Å². The summed E-state index contributed by atoms with van der Waals surface area (Å²) in [5.74, 6) is 1.59. The van der Waals surface area contributed by atoms with Crippen LogP contribution in [0.1, 0.15) is 0 Å². The van der Waals surface area contributed by atoms with Gasteiger partial charge in [-0.15, -0.1) is 0 Å². The van der Waals surface area contributed by atoms with Crippen LogP contribution in [-0.2, 0) is 4.79 Å². The van der Waals surface area contributed by atoms with Crippen LogP contribution in [0.15, 0.2) is 53.1 Å². The van der Waals surface area contributed by atoms with Gasteiger partial charge in [0.2, 0.25) is 5.82 Å². The summed E-state index contributed by atoms with van der Waals surface area (Å²) >= 11 is 0. The van der Waals surface area contributed by atoms with Crippen molar-refractivity contribution in [3.8, 4) is 34.3 Å². The Morgan fingerprint density at radius 2 is 1.92 bits per heavy atom. The van der Waals surface area contributed by atoms with Gasteiger partial charge in [-0.1, -0.05) is 23.4 Å². The summed E-state index contributed by atoms with van der Waals surface area (Å²) in [4.78, 5) is 15.7. The Bertz CT molecular complexity index is 862. The molecule has 128 valence electrons. The lowest BCUT2D eigenvalue weighted by molar-refractivity contribution is -0.122. The van der Waals surface area contributed by atoms with Crippen molar-refractivity contribution in [3.05, 3.63) is 48.5 Å². The van der Waals surface area contributed by atoms with Gasteiger partial charge in [0.25, 0.3) is 11.8 Å². The Kier molecular flexibility index (Phi) is 4.94. The average Bonchev–Trinajstić information content (AvgIpc) is 3.16. The van der Waals surface area contributed by atoms with Gasteiger partial charge in [0.15, 0.2) is 18.1 Å². The lowest BCUT2D eigenvalue weighted by Gasteiger charge is -2.10. The zero-order valence-electron chi connectivity index (χ0n) is 13.9. The molecule has 7 nitrogen and oxygen atoms in total. The van der Waals surface area contributed by atoms with Crippen molar-refractivity contribution in [3.63, 3.8) is 0 Å². The summed E-state index contributed by atoms with van der Waals surface area (Å²) in [7, 11) is 3.07. The number of hydrogen-bond acceptors (Lipinski definition) is 6. The largest absolute Gasteiger partial charge is 0.493 e. The molecule has 0 unspecified atom stereocenters. The summed E-state index contributed by atoms with van der Waals surface area (Å²) in [6.45, 7) is -0.0907. The summed E-state index contributed by atoms with van der Waals surface area (Å²) in [5, 5.41) is 6.50. The summed E-state index contributed by atoms with van der Waals surface area (Å²) in [6.07, 6.45) is 0. The fourth-order valence-corrected chi connectivity index (χ4v) is 2.18. The molecule has 7 heteroatoms. The second-order valence-corrected chi connectivity index (χ2v) is 5.12. The Labute approximate surface area is 144 Å². The van der Waals surface area contributed by atoms with Crippen LogP contribution in [0.25, 0.3) is 22.8 Å². The first-order chi connectivity index (χ1) is 12.2. The predicted octanol–water partition coefficient (Wildman–Crippen LogP) is 2.54. The molecule has 2 aromatic carbocycles. The molecular weight excluding hydrogens is 322 g/mol. The molecule has 1 amide bonds. The van der Waals surface area contributed by atoms with Gasteiger partial charge in [-0.3, -0.25) is 4.79 Å². The van der Waals surface area contributed by atoms with E-state index in [1.807, 2.05) is 30.3 Å². The Morgan fingerprint density at radius 3 is 2.64 bits per heavy atom. The number of carbonyl (C=O) groups excluding carboxylic acids is 1. The smallest absolute Gasteiger partial charge is 0.258 e. The van der Waals surface area contributed by atoms with Gasteiger partial charge in [0, 0.05) is 18.2 Å². The van der Waals surface area contributed by atoms with Crippen molar-refractivity contribution in [2.45, 2.75) is 0 Å². The first-order valence-corrected chi connectivity index (χ1v) is 7.62. The Balaban J connectivity index is 1.83. The molecule has 0 aliphatic rings. The van der Waals surface area contributed by atoms with Gasteiger partial charge >= 0.3 is 0 Å². The summed E-state index contributed by atoms with van der Waals surface area (Å²) in [5.41, 5.74) is 1.56. The van der Waals surface area contributed by atoms with E-state index in [1.54, 1.807) is 25.2 Å². The number of carbonyl (C=O) groups is 1. The Hall–Kier alpha value is -3.35. The monoisotopic (exact) mass is 339 g/mol. The highest BCUT2D eigenvalue weighted by molar-refractivity contribution is 5.77. The van der Waals surface area contributed by atoms with Crippen LogP contribution in [-0.4, -0.2) is 36.8 Å². The first-order valence-electron chi connectivity index (χ1n) is 7.62. The highest BCUT2D eigenvalue weighted by Gasteiger charge is 2.14. The van der Waals surface area contributed by atoms with E-state index in [2.05, 4.69) is 15.5 Å². The second kappa shape index (κ2) is 7.48. The van der Waals surface area contributed by atoms with E-state index >= 15 is 0 Å². The van der Waals surface area contributed by atoms with Crippen LogP contribution in [0.2, 0.25) is 0 Å². The molecule has 1 aromatic heterocycles. The van der Waals surface area contributed by atoms with E-state index in [1.165, 1.54) is 7.11 Å². The fourth-order valence-electron chi connectivity index (χ4n) is 2.18. The molecule has 0 spiro atoms. The van der Waals surface area contributed by atoms with Gasteiger partial charge in [0.1, 0.15) is 0 Å². The molecule has 0 bridgehead atoms. The number of ether oxygens (including phenoxy) is 2. The molecular formula is C18H17N3O4. The van der Waals surface area contributed by atoms with Crippen molar-refractivity contribution >= 4 is 5.91 Å². The molecule has 0 fully saturated rings. The van der Waals surface area contributed by atoms with E-state index in [9.17, 15) is 4.79 Å². The standard InChI is InChI=1S/C18H17N3O4/c1-19-16(22)11-24-14-9-8-13(10-15(14)23-2)17-20-18(25-21-17)12-6-4-3-5-7-12/h3-10H,11H2,1-2H3,(H,19,22). The Morgan fingerprint density at radius 1 is 1.12 bits per heavy atom. The molecule has 25 heavy (non-hydrogen) atoms. The van der Waals surface area contributed by atoms with Gasteiger partial charge in [-0.2, -0.15) is 4.98 Å². The van der Waals surface area contributed by atoms with E-state index in [4.69, 9.17) is 14.0 Å². The molecule has 0 aliphatic carbocycles. The number of methoxy groups -OCH3 is 1. The number of nitrogens with one attached hydrogen (secondary N) is 1. The normalized spacial score (nSPS) is 10.3. The fraction of sp³-hybridized carbons (Fsp3) is 0.167. The molecule has 1 N–H and O–H groups in total. The number of rotatable bonds is 6. The van der Waals surface area contributed by atoms with Crippen molar-refractivity contribution in [2.24, 2.45) is 0 Å². The number of hydrogen-bond donors (Lipinski definition) is 1. The third-order valence-electron chi connectivity index (χ3n) is 3.51. The lowest BCUT2D eigenvalue weighted by atomic mass is 10.2. The molecule has 0 aliphatic heterocycles. The number of benzene rings is 2. The van der Waals surface area contributed by atoms with Crippen molar-refractivity contribution < 1.29 is 18.8 Å². The van der Waals surface area contributed by atoms with Crippen LogP contribution < -0.4 is 14.8 Å². The van der Waals surface area contributed by atoms with Crippen LogP contribution in [0.4, 0.5) is 0 Å². The predicted molar refractivity (Wildman–Crippen MR) is 91.3 cm³/mol. The van der Waals surface area contributed by atoms with Gasteiger partial charge in [-0.05, 0) is 30.3 Å². The zero-order valence-corrected chi connectivity index (χ0v) is 13.9. The van der Waals surface area contributed by atoms with Gasteiger partial charge < -0.3 is 19.3 Å². The lowest BCUT2D eigenvalue weighted by Crippen LogP contribution is -2.24. The maximum Gasteiger partial charge on any atom is 0.258 e. The minimum absolute atomic E-state index is 0.0907. The molecule has 3 rings (SSSR count). The van der Waals surface area contributed by atoms with E-state index in [-0.39, 0.29) is 12.5 Å². The topological polar surface area (TPSA) is 86.5 Å². The van der Waals surface area contributed by atoms with Crippen LogP contribution in [0, 0.1) is 0 Å². The van der Waals surface area contributed by atoms with Crippen LogP contribution in [0.3, 0.4) is 0 Å². The molecule has 0 saturated carbocycles. The third kappa shape index (κ3) is 3.77. The first kappa shape index (κ1) is 16.5. The molecule has 0 saturated heterocycles. The van der Waals surface area contributed by atoms with E-state index in [0.29, 0.717) is 23.2 Å². The maximum absolute atomic E-state index is 11.3.